The molecule has 1 N–H and O–H groups in total. The summed E-state index contributed by atoms with van der Waals surface area (Å²) in [5.74, 6) is 0.740. The lowest BCUT2D eigenvalue weighted by Gasteiger charge is -2.44. The predicted octanol–water partition coefficient (Wildman–Crippen LogP) is 3.43. The fourth-order valence-corrected chi connectivity index (χ4v) is 5.66. The molecule has 4 nitrogen and oxygen atoms in total. The van der Waals surface area contributed by atoms with Crippen LogP contribution < -0.4 is 5.32 Å². The molecule has 0 spiro atoms. The summed E-state index contributed by atoms with van der Waals surface area (Å²) in [6.45, 7) is 5.40. The normalized spacial score (nSPS) is 25.6. The van der Waals surface area contributed by atoms with Gasteiger partial charge in [-0.05, 0) is 63.0 Å². The van der Waals surface area contributed by atoms with Crippen LogP contribution in [0, 0.1) is 12.8 Å². The van der Waals surface area contributed by atoms with E-state index >= 15 is 0 Å². The van der Waals surface area contributed by atoms with Gasteiger partial charge in [0.05, 0.1) is 9.09 Å². The molecule has 3 aliphatic rings. The van der Waals surface area contributed by atoms with Crippen LogP contribution in [0.4, 0.5) is 0 Å². The third kappa shape index (κ3) is 3.50. The number of hydrogen-bond donors (Lipinski definition) is 1. The maximum Gasteiger partial charge on any atom is 0.261 e. The fourth-order valence-electron chi connectivity index (χ4n) is 3.56. The van der Waals surface area contributed by atoms with E-state index in [2.05, 4.69) is 21.3 Å². The van der Waals surface area contributed by atoms with Crippen LogP contribution in [0.25, 0.3) is 0 Å². The Hall–Kier alpha value is -1.37. The third-order valence-corrected chi connectivity index (χ3v) is 7.07. The molecule has 1 atom stereocenters. The van der Waals surface area contributed by atoms with Crippen LogP contribution in [-0.4, -0.2) is 41.5 Å². The summed E-state index contributed by atoms with van der Waals surface area (Å²) >= 11 is 3.26. The van der Waals surface area contributed by atoms with Crippen molar-refractivity contribution >= 4 is 29.0 Å². The van der Waals surface area contributed by atoms with E-state index in [4.69, 9.17) is 0 Å². The van der Waals surface area contributed by atoms with Gasteiger partial charge in [0, 0.05) is 29.4 Å². The van der Waals surface area contributed by atoms with Crippen LogP contribution in [0.2, 0.25) is 0 Å². The van der Waals surface area contributed by atoms with Crippen LogP contribution in [0.1, 0.15) is 28.2 Å². The largest absolute Gasteiger partial charge is 0.347 e. The summed E-state index contributed by atoms with van der Waals surface area (Å²) in [6, 6.07) is 8.37. The van der Waals surface area contributed by atoms with Crippen LogP contribution >= 0.6 is 23.1 Å². The second kappa shape index (κ2) is 6.86. The van der Waals surface area contributed by atoms with Crippen molar-refractivity contribution in [3.8, 4) is 0 Å². The molecule has 0 aliphatic carbocycles. The summed E-state index contributed by atoms with van der Waals surface area (Å²) in [5.41, 5.74) is 1.01. The summed E-state index contributed by atoms with van der Waals surface area (Å²) in [6.07, 6.45) is 4.27. The van der Waals surface area contributed by atoms with Crippen molar-refractivity contribution in [3.05, 3.63) is 41.0 Å². The van der Waals surface area contributed by atoms with E-state index in [-0.39, 0.29) is 5.91 Å². The van der Waals surface area contributed by atoms with E-state index in [1.165, 1.54) is 25.9 Å². The highest BCUT2D eigenvalue weighted by Crippen LogP contribution is 2.34. The number of fused-ring (bicyclic) bond motifs is 3. The molecule has 2 aromatic rings. The lowest BCUT2D eigenvalue weighted by Crippen LogP contribution is -2.57. The molecule has 1 unspecified atom stereocenters. The SMILES string of the molecule is Cc1cc(Sc2ccc(C(=O)NC3CN4CCC3CC4)s2)ccn1. The van der Waals surface area contributed by atoms with Gasteiger partial charge in [0.2, 0.25) is 0 Å². The summed E-state index contributed by atoms with van der Waals surface area (Å²) in [7, 11) is 0. The Morgan fingerprint density at radius 2 is 2.17 bits per heavy atom. The van der Waals surface area contributed by atoms with Crippen molar-refractivity contribution < 1.29 is 4.79 Å². The van der Waals surface area contributed by atoms with Gasteiger partial charge in [-0.3, -0.25) is 9.78 Å². The fraction of sp³-hybridized carbons (Fsp3) is 0.444. The zero-order valence-corrected chi connectivity index (χ0v) is 15.3. The number of piperidine rings is 3. The molecular formula is C18H21N3OS2. The van der Waals surface area contributed by atoms with Gasteiger partial charge in [-0.2, -0.15) is 0 Å². The van der Waals surface area contributed by atoms with E-state index in [0.717, 1.165) is 26.2 Å². The molecule has 2 bridgehead atoms. The average molecular weight is 360 g/mol. The first-order chi connectivity index (χ1) is 11.7. The number of carbonyl (C=O) groups is 1. The van der Waals surface area contributed by atoms with Crippen LogP contribution in [-0.2, 0) is 0 Å². The standard InChI is InChI=1S/C18H21N3OS2/c1-12-10-14(4-7-19-12)23-17-3-2-16(24-17)18(22)20-15-11-21-8-5-13(15)6-9-21/h2-4,7,10,13,15H,5-6,8-9,11H2,1H3,(H,20,22). The van der Waals surface area contributed by atoms with Crippen molar-refractivity contribution in [2.75, 3.05) is 19.6 Å². The number of nitrogens with one attached hydrogen (secondary N) is 1. The van der Waals surface area contributed by atoms with Crippen molar-refractivity contribution in [2.24, 2.45) is 5.92 Å². The Morgan fingerprint density at radius 1 is 1.33 bits per heavy atom. The Balaban J connectivity index is 1.40. The molecule has 2 aromatic heterocycles. The van der Waals surface area contributed by atoms with Crippen LogP contribution in [0.15, 0.2) is 39.6 Å². The molecule has 3 saturated heterocycles. The first-order valence-corrected chi connectivity index (χ1v) is 10.0. The molecule has 3 aliphatic heterocycles. The number of hydrogen-bond acceptors (Lipinski definition) is 5. The Labute approximate surface area is 150 Å². The first kappa shape index (κ1) is 16.1. The van der Waals surface area contributed by atoms with Gasteiger partial charge in [0.1, 0.15) is 0 Å². The molecule has 6 heteroatoms. The minimum atomic E-state index is 0.0801. The maximum atomic E-state index is 12.6. The number of pyridine rings is 1. The molecule has 0 aromatic carbocycles. The maximum absolute atomic E-state index is 12.6. The topological polar surface area (TPSA) is 45.2 Å². The molecular weight excluding hydrogens is 338 g/mol. The van der Waals surface area contributed by atoms with E-state index in [9.17, 15) is 4.79 Å². The minimum absolute atomic E-state index is 0.0801. The Kier molecular flexibility index (Phi) is 4.61. The molecule has 1 amide bonds. The summed E-state index contributed by atoms with van der Waals surface area (Å²) in [5, 5.41) is 3.26. The van der Waals surface area contributed by atoms with Crippen LogP contribution in [0.3, 0.4) is 0 Å². The number of aromatic nitrogens is 1. The zero-order valence-electron chi connectivity index (χ0n) is 13.7. The van der Waals surface area contributed by atoms with E-state index < -0.39 is 0 Å². The van der Waals surface area contributed by atoms with Crippen LogP contribution in [0.5, 0.6) is 0 Å². The minimum Gasteiger partial charge on any atom is -0.347 e. The number of rotatable bonds is 4. The highest BCUT2D eigenvalue weighted by atomic mass is 32.2. The Morgan fingerprint density at radius 3 is 2.88 bits per heavy atom. The van der Waals surface area contributed by atoms with E-state index in [0.29, 0.717) is 12.0 Å². The second-order valence-corrected chi connectivity index (χ2v) is 9.03. The van der Waals surface area contributed by atoms with Gasteiger partial charge in [0.25, 0.3) is 5.91 Å². The third-order valence-electron chi connectivity index (χ3n) is 4.86. The highest BCUT2D eigenvalue weighted by Gasteiger charge is 2.35. The molecule has 3 fully saturated rings. The van der Waals surface area contributed by atoms with Gasteiger partial charge in [-0.25, -0.2) is 0 Å². The van der Waals surface area contributed by atoms with Gasteiger partial charge < -0.3 is 10.2 Å². The smallest absolute Gasteiger partial charge is 0.261 e. The van der Waals surface area contributed by atoms with Gasteiger partial charge in [0.15, 0.2) is 0 Å². The van der Waals surface area contributed by atoms with Crippen molar-refractivity contribution in [2.45, 2.75) is 34.9 Å². The van der Waals surface area contributed by atoms with Gasteiger partial charge in [-0.15, -0.1) is 11.3 Å². The van der Waals surface area contributed by atoms with Crippen molar-refractivity contribution in [3.63, 3.8) is 0 Å². The number of nitrogens with zero attached hydrogens (tertiary/aromatic N) is 2. The molecule has 0 radical (unpaired) electrons. The van der Waals surface area contributed by atoms with Crippen molar-refractivity contribution in [1.29, 1.82) is 0 Å². The molecule has 0 saturated carbocycles. The van der Waals surface area contributed by atoms with E-state index in [1.807, 2.05) is 31.3 Å². The number of thiophene rings is 1. The molecule has 24 heavy (non-hydrogen) atoms. The number of amides is 1. The molecule has 126 valence electrons. The zero-order chi connectivity index (χ0) is 16.5. The monoisotopic (exact) mass is 359 g/mol. The van der Waals surface area contributed by atoms with E-state index in [1.54, 1.807) is 23.1 Å². The predicted molar refractivity (Wildman–Crippen MR) is 97.8 cm³/mol. The summed E-state index contributed by atoms with van der Waals surface area (Å²) in [4.78, 5) is 21.2. The molecule has 5 heterocycles. The quantitative estimate of drug-likeness (QED) is 0.908. The van der Waals surface area contributed by atoms with Gasteiger partial charge >= 0.3 is 0 Å². The van der Waals surface area contributed by atoms with Crippen molar-refractivity contribution in [1.82, 2.24) is 15.2 Å². The lowest BCUT2D eigenvalue weighted by molar-refractivity contribution is 0.0622. The first-order valence-electron chi connectivity index (χ1n) is 8.41. The number of carbonyl (C=O) groups excluding carboxylic acids is 1. The number of aryl methyl sites for hydroxylation is 1. The summed E-state index contributed by atoms with van der Waals surface area (Å²) < 4.78 is 1.14. The van der Waals surface area contributed by atoms with Gasteiger partial charge in [-0.1, -0.05) is 11.8 Å². The average Bonchev–Trinajstić information content (AvgIpc) is 3.05. The Bertz CT molecular complexity index is 737. The highest BCUT2D eigenvalue weighted by molar-refractivity contribution is 8.01. The second-order valence-electron chi connectivity index (χ2n) is 6.57. The lowest BCUT2D eigenvalue weighted by atomic mass is 9.84. The molecule has 5 rings (SSSR count).